The van der Waals surface area contributed by atoms with Crippen LogP contribution in [0.3, 0.4) is 0 Å². The van der Waals surface area contributed by atoms with Crippen LogP contribution in [0.1, 0.15) is 10.4 Å². The number of carboxylic acids is 1. The average Bonchev–Trinajstić information content (AvgIpc) is 2.18. The number of amides is 1. The first-order valence-electron chi connectivity index (χ1n) is 3.78. The van der Waals surface area contributed by atoms with Crippen LogP contribution in [0.15, 0.2) is 24.3 Å². The van der Waals surface area contributed by atoms with E-state index in [1.807, 2.05) is 0 Å². The van der Waals surface area contributed by atoms with Gasteiger partial charge in [0.15, 0.2) is 0 Å². The molecular weight excluding hydrogens is 278 g/mol. The Bertz CT molecular complexity index is 365. The van der Waals surface area contributed by atoms with E-state index in [1.165, 1.54) is 6.07 Å². The number of anilines is 1. The molecule has 0 heterocycles. The molecule has 0 saturated heterocycles. The van der Waals surface area contributed by atoms with Crippen molar-refractivity contribution in [2.24, 2.45) is 0 Å². The first-order valence-corrected chi connectivity index (χ1v) is 4.82. The molecule has 0 atom stereocenters. The quantitative estimate of drug-likeness (QED) is 0.823. The summed E-state index contributed by atoms with van der Waals surface area (Å²) in [6.07, 6.45) is 0. The Hall–Kier alpha value is -1.10. The van der Waals surface area contributed by atoms with Crippen LogP contribution in [0.4, 0.5) is 5.69 Å². The molecule has 0 spiro atoms. The molecule has 0 aliphatic carbocycles. The van der Waals surface area contributed by atoms with Crippen LogP contribution >= 0.6 is 0 Å². The fraction of sp³-hybridized carbons (Fsp3) is 0.111. The minimum absolute atomic E-state index is 0.0847. The molecule has 2 N–H and O–H groups in total. The van der Waals surface area contributed by atoms with E-state index >= 15 is 0 Å². The van der Waals surface area contributed by atoms with Crippen molar-refractivity contribution in [2.45, 2.75) is 4.64 Å². The monoisotopic (exact) mass is 285 g/mol. The zero-order valence-electron chi connectivity index (χ0n) is 7.08. The minimum atomic E-state index is -1.06. The number of carboxylic acid groups (broad SMARTS) is 1. The second kappa shape index (κ2) is 4.95. The summed E-state index contributed by atoms with van der Waals surface area (Å²) >= 11 is 2.99. The molecule has 1 rings (SSSR count). The molecule has 0 aliphatic heterocycles. The van der Waals surface area contributed by atoms with Crippen LogP contribution in [0.2, 0.25) is 4.64 Å². The van der Waals surface area contributed by atoms with Gasteiger partial charge in [0, 0.05) is 0 Å². The first kappa shape index (κ1) is 11.0. The number of benzene rings is 1. The van der Waals surface area contributed by atoms with Crippen molar-refractivity contribution >= 4 is 17.6 Å². The van der Waals surface area contributed by atoms with Gasteiger partial charge in [0.25, 0.3) is 0 Å². The Labute approximate surface area is 93.2 Å². The third-order valence-corrected chi connectivity index (χ3v) is 2.00. The van der Waals surface area contributed by atoms with E-state index in [9.17, 15) is 9.59 Å². The molecule has 0 bridgehead atoms. The Kier molecular flexibility index (Phi) is 3.88. The molecule has 0 radical (unpaired) electrons. The summed E-state index contributed by atoms with van der Waals surface area (Å²) in [4.78, 5) is 21.7. The molecule has 5 heteroatoms. The normalized spacial score (nSPS) is 9.57. The van der Waals surface area contributed by atoms with E-state index < -0.39 is 5.97 Å². The summed E-state index contributed by atoms with van der Waals surface area (Å²) < 4.78 is 0.137. The summed E-state index contributed by atoms with van der Waals surface area (Å²) in [5.74, 6) is -1.34. The molecule has 0 aromatic heterocycles. The molecule has 0 aliphatic rings. The molecule has 1 aromatic carbocycles. The molecule has 14 heavy (non-hydrogen) atoms. The van der Waals surface area contributed by atoms with Crippen LogP contribution in [0.25, 0.3) is 0 Å². The van der Waals surface area contributed by atoms with E-state index in [1.54, 1.807) is 18.2 Å². The van der Waals surface area contributed by atoms with Gasteiger partial charge in [0.1, 0.15) is 0 Å². The van der Waals surface area contributed by atoms with Crippen molar-refractivity contribution in [1.29, 1.82) is 0 Å². The van der Waals surface area contributed by atoms with Gasteiger partial charge in [-0.1, -0.05) is 0 Å². The van der Waals surface area contributed by atoms with Crippen molar-refractivity contribution in [1.82, 2.24) is 0 Å². The Morgan fingerprint density at radius 1 is 1.36 bits per heavy atom. The maximum absolute atomic E-state index is 11.0. The zero-order chi connectivity index (χ0) is 10.6. The molecule has 78 valence electrons. The van der Waals surface area contributed by atoms with Crippen molar-refractivity contribution in [3.63, 3.8) is 0 Å². The third-order valence-electron chi connectivity index (χ3n) is 1.53. The van der Waals surface area contributed by atoms with Gasteiger partial charge in [-0.25, -0.2) is 0 Å². The summed E-state index contributed by atoms with van der Waals surface area (Å²) in [5, 5.41) is 11.3. The zero-order valence-corrected chi connectivity index (χ0v) is 8.56. The summed E-state index contributed by atoms with van der Waals surface area (Å²) in [6, 6.07) is 6.25. The SMILES string of the molecule is O=C([CH2][Ag])Nc1ccccc1C(=O)O. The predicted molar refractivity (Wildman–Crippen MR) is 46.8 cm³/mol. The number of aromatic carboxylic acids is 1. The van der Waals surface area contributed by atoms with E-state index in [4.69, 9.17) is 5.11 Å². The molecule has 4 nitrogen and oxygen atoms in total. The topological polar surface area (TPSA) is 66.4 Å². The van der Waals surface area contributed by atoms with Gasteiger partial charge < -0.3 is 0 Å². The number of hydrogen-bond acceptors (Lipinski definition) is 2. The second-order valence-corrected chi connectivity index (χ2v) is 3.03. The van der Waals surface area contributed by atoms with Gasteiger partial charge in [0.2, 0.25) is 0 Å². The summed E-state index contributed by atoms with van der Waals surface area (Å²) in [6.45, 7) is 0. The maximum atomic E-state index is 11.0. The Balaban J connectivity index is 2.95. The molecule has 0 fully saturated rings. The fourth-order valence-electron chi connectivity index (χ4n) is 0.955. The van der Waals surface area contributed by atoms with Crippen LogP contribution in [-0.4, -0.2) is 17.0 Å². The molecule has 1 amide bonds. The Morgan fingerprint density at radius 3 is 2.57 bits per heavy atom. The molecular formula is C9H8AgNO3. The molecule has 0 saturated carbocycles. The van der Waals surface area contributed by atoms with Gasteiger partial charge in [-0.15, -0.1) is 0 Å². The van der Waals surface area contributed by atoms with Crippen molar-refractivity contribution in [3.05, 3.63) is 29.8 Å². The number of nitrogens with one attached hydrogen (secondary N) is 1. The summed E-state index contributed by atoms with van der Waals surface area (Å²) in [7, 11) is 0. The number of hydrogen-bond donors (Lipinski definition) is 2. The molecule has 1 aromatic rings. The van der Waals surface area contributed by atoms with Crippen molar-refractivity contribution < 1.29 is 35.8 Å². The standard InChI is InChI=1S/C9H8NO3.Ag/c1-6(11)10-8-5-3-2-4-7(8)9(12)13;/h2-5H,1H2,(H,10,11)(H,12,13);. The first-order chi connectivity index (χ1) is 6.65. The number of carbonyl (C=O) groups is 2. The fourth-order valence-corrected chi connectivity index (χ4v) is 1.09. The van der Waals surface area contributed by atoms with Crippen LogP contribution in [0, 0.1) is 0 Å². The third kappa shape index (κ3) is 2.70. The van der Waals surface area contributed by atoms with Gasteiger partial charge in [-0.3, -0.25) is 0 Å². The van der Waals surface area contributed by atoms with Gasteiger partial charge in [-0.2, -0.15) is 0 Å². The number of para-hydroxylation sites is 1. The summed E-state index contributed by atoms with van der Waals surface area (Å²) in [5.41, 5.74) is 0.394. The van der Waals surface area contributed by atoms with E-state index in [0.29, 0.717) is 5.69 Å². The van der Waals surface area contributed by atoms with E-state index in [0.717, 1.165) is 0 Å². The van der Waals surface area contributed by atoms with E-state index in [-0.39, 0.29) is 16.1 Å². The average molecular weight is 286 g/mol. The number of rotatable bonds is 3. The van der Waals surface area contributed by atoms with E-state index in [2.05, 4.69) is 26.4 Å². The van der Waals surface area contributed by atoms with Gasteiger partial charge >= 0.3 is 93.1 Å². The van der Waals surface area contributed by atoms with Gasteiger partial charge in [0.05, 0.1) is 0 Å². The second-order valence-electron chi connectivity index (χ2n) is 2.51. The van der Waals surface area contributed by atoms with Crippen molar-refractivity contribution in [2.75, 3.05) is 5.32 Å². The van der Waals surface area contributed by atoms with Gasteiger partial charge in [-0.05, 0) is 0 Å². The Morgan fingerprint density at radius 2 is 2.00 bits per heavy atom. The van der Waals surface area contributed by atoms with Crippen LogP contribution < -0.4 is 5.32 Å². The predicted octanol–water partition coefficient (Wildman–Crippen LogP) is 1.29. The molecule has 0 unspecified atom stereocenters. The van der Waals surface area contributed by atoms with Crippen LogP contribution in [0.5, 0.6) is 0 Å². The van der Waals surface area contributed by atoms with Crippen LogP contribution in [-0.2, 0) is 25.9 Å². The van der Waals surface area contributed by atoms with Crippen molar-refractivity contribution in [3.8, 4) is 0 Å². The number of carbonyl (C=O) groups excluding carboxylic acids is 1.